The number of nitrogens with zero attached hydrogens (tertiary/aromatic N) is 2. The lowest BCUT2D eigenvalue weighted by Gasteiger charge is -2.24. The maximum absolute atomic E-state index is 12.5. The van der Waals surface area contributed by atoms with Crippen LogP contribution in [0.1, 0.15) is 42.7 Å². The molecule has 2 N–H and O–H groups in total. The van der Waals surface area contributed by atoms with Crippen LogP contribution >= 0.6 is 11.3 Å². The summed E-state index contributed by atoms with van der Waals surface area (Å²) in [6.07, 6.45) is 0.138. The second kappa shape index (κ2) is 5.84. The van der Waals surface area contributed by atoms with E-state index < -0.39 is 5.92 Å². The number of fused-ring (bicyclic) bond motifs is 1. The van der Waals surface area contributed by atoms with Crippen molar-refractivity contribution in [3.05, 3.63) is 34.8 Å². The van der Waals surface area contributed by atoms with E-state index in [0.717, 1.165) is 10.6 Å². The summed E-state index contributed by atoms with van der Waals surface area (Å²) >= 11 is 1.36. The number of hydrogen-bond donors (Lipinski definition) is 2. The van der Waals surface area contributed by atoms with Gasteiger partial charge in [-0.05, 0) is 11.6 Å². The van der Waals surface area contributed by atoms with Gasteiger partial charge in [0, 0.05) is 18.0 Å². The fraction of sp³-hybridized carbons (Fsp3) is 0.333. The van der Waals surface area contributed by atoms with Crippen molar-refractivity contribution >= 4 is 34.0 Å². The topological polar surface area (TPSA) is 84.0 Å². The zero-order valence-electron chi connectivity index (χ0n) is 12.3. The molecular formula is C15H16N4O2S. The second-order valence-electron chi connectivity index (χ2n) is 5.48. The normalized spacial score (nSPS) is 17.0. The molecule has 0 radical (unpaired) electrons. The van der Waals surface area contributed by atoms with Crippen LogP contribution in [0.4, 0.5) is 10.8 Å². The highest BCUT2D eigenvalue weighted by Gasteiger charge is 2.30. The Labute approximate surface area is 132 Å². The third kappa shape index (κ3) is 2.85. The molecule has 2 aromatic rings. The van der Waals surface area contributed by atoms with Gasteiger partial charge in [-0.15, -0.1) is 10.2 Å². The molecule has 1 aliphatic rings. The zero-order valence-corrected chi connectivity index (χ0v) is 13.1. The average Bonchev–Trinajstić information content (AvgIpc) is 2.95. The molecule has 3 rings (SSSR count). The Morgan fingerprint density at radius 3 is 2.86 bits per heavy atom. The summed E-state index contributed by atoms with van der Waals surface area (Å²) in [5.74, 6) is -0.617. The highest BCUT2D eigenvalue weighted by atomic mass is 32.1. The number of para-hydroxylation sites is 1. The van der Waals surface area contributed by atoms with Gasteiger partial charge in [-0.3, -0.25) is 14.9 Å². The quantitative estimate of drug-likeness (QED) is 0.912. The summed E-state index contributed by atoms with van der Waals surface area (Å²) in [5, 5.41) is 14.9. The number of hydrogen-bond acceptors (Lipinski definition) is 5. The highest BCUT2D eigenvalue weighted by molar-refractivity contribution is 7.15. The van der Waals surface area contributed by atoms with E-state index in [1.54, 1.807) is 6.07 Å². The summed E-state index contributed by atoms with van der Waals surface area (Å²) in [4.78, 5) is 24.3. The highest BCUT2D eigenvalue weighted by Crippen LogP contribution is 2.33. The zero-order chi connectivity index (χ0) is 15.7. The molecule has 22 heavy (non-hydrogen) atoms. The van der Waals surface area contributed by atoms with E-state index in [9.17, 15) is 9.59 Å². The fourth-order valence-electron chi connectivity index (χ4n) is 2.36. The summed E-state index contributed by atoms with van der Waals surface area (Å²) in [7, 11) is 0. The van der Waals surface area contributed by atoms with Gasteiger partial charge in [0.2, 0.25) is 16.9 Å². The monoisotopic (exact) mass is 316 g/mol. The second-order valence-corrected chi connectivity index (χ2v) is 6.49. The molecule has 0 fully saturated rings. The minimum absolute atomic E-state index is 0.138. The Morgan fingerprint density at radius 1 is 1.36 bits per heavy atom. The molecule has 2 heterocycles. The SMILES string of the molecule is CC(C)c1nnc(NC(=O)[C@H]2CC(=O)Nc3ccccc32)s1. The van der Waals surface area contributed by atoms with E-state index in [1.165, 1.54) is 11.3 Å². The molecule has 0 unspecified atom stereocenters. The maximum atomic E-state index is 12.5. The lowest BCUT2D eigenvalue weighted by Crippen LogP contribution is -2.30. The van der Waals surface area contributed by atoms with Crippen molar-refractivity contribution in [2.75, 3.05) is 10.6 Å². The standard InChI is InChI=1S/C15H16N4O2S/c1-8(2)14-18-19-15(22-14)17-13(21)10-7-12(20)16-11-6-4-3-5-9(10)11/h3-6,8,10H,7H2,1-2H3,(H,16,20)(H,17,19,21)/t10-/m0/s1. The Morgan fingerprint density at radius 2 is 2.14 bits per heavy atom. The molecule has 0 saturated carbocycles. The fourth-order valence-corrected chi connectivity index (χ4v) is 3.10. The van der Waals surface area contributed by atoms with E-state index in [2.05, 4.69) is 20.8 Å². The van der Waals surface area contributed by atoms with Crippen molar-refractivity contribution in [1.29, 1.82) is 0 Å². The molecule has 0 bridgehead atoms. The molecule has 6 nitrogen and oxygen atoms in total. The minimum atomic E-state index is -0.503. The van der Waals surface area contributed by atoms with Crippen LogP contribution in [0.15, 0.2) is 24.3 Å². The van der Waals surface area contributed by atoms with Gasteiger partial charge in [0.1, 0.15) is 5.01 Å². The largest absolute Gasteiger partial charge is 0.326 e. The first-order valence-electron chi connectivity index (χ1n) is 7.07. The Hall–Kier alpha value is -2.28. The molecule has 0 spiro atoms. The number of carbonyl (C=O) groups excluding carboxylic acids is 2. The van der Waals surface area contributed by atoms with Crippen LogP contribution in [-0.4, -0.2) is 22.0 Å². The van der Waals surface area contributed by atoms with Gasteiger partial charge in [-0.2, -0.15) is 0 Å². The van der Waals surface area contributed by atoms with E-state index in [1.807, 2.05) is 32.0 Å². The van der Waals surface area contributed by atoms with Gasteiger partial charge >= 0.3 is 0 Å². The first-order valence-corrected chi connectivity index (χ1v) is 7.89. The molecule has 1 aromatic carbocycles. The van der Waals surface area contributed by atoms with Crippen LogP contribution in [0.3, 0.4) is 0 Å². The van der Waals surface area contributed by atoms with Crippen LogP contribution in [0.25, 0.3) is 0 Å². The van der Waals surface area contributed by atoms with Gasteiger partial charge in [-0.25, -0.2) is 0 Å². The molecule has 2 amide bonds. The van der Waals surface area contributed by atoms with Crippen molar-refractivity contribution < 1.29 is 9.59 Å². The Bertz CT molecular complexity index is 726. The first-order chi connectivity index (χ1) is 10.5. The smallest absolute Gasteiger partial charge is 0.234 e. The molecule has 0 saturated heterocycles. The van der Waals surface area contributed by atoms with E-state index in [0.29, 0.717) is 10.8 Å². The Kier molecular flexibility index (Phi) is 3.89. The molecule has 1 aliphatic heterocycles. The van der Waals surface area contributed by atoms with Crippen LogP contribution in [0, 0.1) is 0 Å². The lowest BCUT2D eigenvalue weighted by atomic mass is 9.90. The van der Waals surface area contributed by atoms with E-state index in [4.69, 9.17) is 0 Å². The van der Waals surface area contributed by atoms with Crippen molar-refractivity contribution in [1.82, 2.24) is 10.2 Å². The predicted octanol–water partition coefficient (Wildman–Crippen LogP) is 2.73. The van der Waals surface area contributed by atoms with Gasteiger partial charge in [0.25, 0.3) is 0 Å². The maximum Gasteiger partial charge on any atom is 0.234 e. The number of aromatic nitrogens is 2. The van der Waals surface area contributed by atoms with Crippen LogP contribution < -0.4 is 10.6 Å². The summed E-state index contributed by atoms with van der Waals surface area (Å²) in [6.45, 7) is 4.04. The lowest BCUT2D eigenvalue weighted by molar-refractivity contribution is -0.123. The van der Waals surface area contributed by atoms with Crippen LogP contribution in [-0.2, 0) is 9.59 Å². The van der Waals surface area contributed by atoms with E-state index in [-0.39, 0.29) is 24.2 Å². The number of rotatable bonds is 3. The van der Waals surface area contributed by atoms with Gasteiger partial charge in [0.15, 0.2) is 0 Å². The number of anilines is 2. The molecule has 114 valence electrons. The van der Waals surface area contributed by atoms with Gasteiger partial charge < -0.3 is 5.32 Å². The molecule has 1 aromatic heterocycles. The third-order valence-corrected chi connectivity index (χ3v) is 4.62. The van der Waals surface area contributed by atoms with E-state index >= 15 is 0 Å². The van der Waals surface area contributed by atoms with Gasteiger partial charge in [-0.1, -0.05) is 43.4 Å². The summed E-state index contributed by atoms with van der Waals surface area (Å²) in [6, 6.07) is 7.35. The summed E-state index contributed by atoms with van der Waals surface area (Å²) < 4.78 is 0. The third-order valence-electron chi connectivity index (χ3n) is 3.48. The molecular weight excluding hydrogens is 300 g/mol. The van der Waals surface area contributed by atoms with Crippen LogP contribution in [0.5, 0.6) is 0 Å². The number of benzene rings is 1. The first kappa shape index (κ1) is 14.6. The number of carbonyl (C=O) groups is 2. The molecule has 0 aliphatic carbocycles. The number of nitrogens with one attached hydrogen (secondary N) is 2. The van der Waals surface area contributed by atoms with Crippen molar-refractivity contribution in [3.8, 4) is 0 Å². The average molecular weight is 316 g/mol. The van der Waals surface area contributed by atoms with Crippen molar-refractivity contribution in [2.45, 2.75) is 32.1 Å². The van der Waals surface area contributed by atoms with Crippen molar-refractivity contribution in [2.24, 2.45) is 0 Å². The predicted molar refractivity (Wildman–Crippen MR) is 85.1 cm³/mol. The van der Waals surface area contributed by atoms with Gasteiger partial charge in [0.05, 0.1) is 5.92 Å². The molecule has 1 atom stereocenters. The minimum Gasteiger partial charge on any atom is -0.326 e. The number of amides is 2. The molecule has 7 heteroatoms. The van der Waals surface area contributed by atoms with Crippen LogP contribution in [0.2, 0.25) is 0 Å². The van der Waals surface area contributed by atoms with Crippen molar-refractivity contribution in [3.63, 3.8) is 0 Å². The summed E-state index contributed by atoms with van der Waals surface area (Å²) in [5.41, 5.74) is 1.52. The Balaban J connectivity index is 1.81.